The van der Waals surface area contributed by atoms with Gasteiger partial charge in [0.05, 0.1) is 12.5 Å². The van der Waals surface area contributed by atoms with E-state index in [0.29, 0.717) is 0 Å². The maximum Gasteiger partial charge on any atom is 0.328 e. The molecule has 0 fully saturated rings. The van der Waals surface area contributed by atoms with Crippen LogP contribution in [0, 0.1) is 0 Å². The molecule has 0 radical (unpaired) electrons. The number of carbonyl (C=O) groups excluding carboxylic acids is 1. The van der Waals surface area contributed by atoms with Gasteiger partial charge >= 0.3 is 5.97 Å². The van der Waals surface area contributed by atoms with Crippen LogP contribution >= 0.6 is 0 Å². The second kappa shape index (κ2) is 6.05. The molecule has 0 bridgehead atoms. The third kappa shape index (κ3) is 3.36. The third-order valence-corrected chi connectivity index (χ3v) is 3.59. The molecule has 3 N–H and O–H groups in total. The minimum absolute atomic E-state index is 0.129. The Morgan fingerprint density at radius 1 is 1.30 bits per heavy atom. The molecule has 0 saturated carbocycles. The van der Waals surface area contributed by atoms with Crippen molar-refractivity contribution in [3.8, 4) is 0 Å². The highest BCUT2D eigenvalue weighted by molar-refractivity contribution is 5.85. The molecule has 0 heterocycles. The lowest BCUT2D eigenvalue weighted by Crippen LogP contribution is -2.48. The van der Waals surface area contributed by atoms with Crippen LogP contribution in [0.3, 0.4) is 0 Å². The highest BCUT2D eigenvalue weighted by Crippen LogP contribution is 2.22. The number of hydrogen-bond donors (Lipinski definition) is 3. The van der Waals surface area contributed by atoms with E-state index in [4.69, 9.17) is 5.11 Å². The molecule has 1 aliphatic rings. The SMILES string of the molecule is C[C@@H](O)[C@H](NC(=O)Cc1ccc2c(c1)CCC2)C(=O)O. The van der Waals surface area contributed by atoms with Gasteiger partial charge in [-0.05, 0) is 42.9 Å². The number of hydrogen-bond acceptors (Lipinski definition) is 3. The minimum atomic E-state index is -1.27. The summed E-state index contributed by atoms with van der Waals surface area (Å²) in [5.74, 6) is -1.63. The van der Waals surface area contributed by atoms with Crippen LogP contribution in [0.1, 0.15) is 30.0 Å². The molecule has 1 aliphatic carbocycles. The summed E-state index contributed by atoms with van der Waals surface area (Å²) in [6.07, 6.45) is 2.27. The number of aliphatic hydroxyl groups excluding tert-OH is 1. The number of carbonyl (C=O) groups is 2. The van der Waals surface area contributed by atoms with Crippen LogP contribution in [0.4, 0.5) is 0 Å². The molecule has 2 atom stereocenters. The molecule has 0 saturated heterocycles. The lowest BCUT2D eigenvalue weighted by atomic mass is 10.0. The lowest BCUT2D eigenvalue weighted by Gasteiger charge is -2.17. The monoisotopic (exact) mass is 277 g/mol. The van der Waals surface area contributed by atoms with E-state index in [1.165, 1.54) is 18.1 Å². The number of carboxylic acids is 1. The minimum Gasteiger partial charge on any atom is -0.480 e. The Morgan fingerprint density at radius 2 is 2.00 bits per heavy atom. The van der Waals surface area contributed by atoms with Gasteiger partial charge in [-0.1, -0.05) is 18.2 Å². The molecule has 0 spiro atoms. The summed E-state index contributed by atoms with van der Waals surface area (Å²) in [7, 11) is 0. The van der Waals surface area contributed by atoms with Gasteiger partial charge in [0.15, 0.2) is 6.04 Å². The normalized spacial score (nSPS) is 16.3. The summed E-state index contributed by atoms with van der Waals surface area (Å²) in [4.78, 5) is 22.8. The number of aliphatic carboxylic acids is 1. The van der Waals surface area contributed by atoms with Gasteiger partial charge in [0.2, 0.25) is 5.91 Å². The fourth-order valence-electron chi connectivity index (χ4n) is 2.53. The van der Waals surface area contributed by atoms with E-state index < -0.39 is 24.0 Å². The number of carboxylic acid groups (broad SMARTS) is 1. The van der Waals surface area contributed by atoms with Crippen LogP contribution in [0.5, 0.6) is 0 Å². The Hall–Kier alpha value is -1.88. The molecule has 1 aromatic rings. The van der Waals surface area contributed by atoms with Crippen molar-refractivity contribution in [3.63, 3.8) is 0 Å². The standard InChI is InChI=1S/C15H19NO4/c1-9(17)14(15(19)20)16-13(18)8-10-5-6-11-3-2-4-12(11)7-10/h5-7,9,14,17H,2-4,8H2,1H3,(H,16,18)(H,19,20)/t9-,14+/m1/s1. The van der Waals surface area contributed by atoms with E-state index in [0.717, 1.165) is 24.8 Å². The van der Waals surface area contributed by atoms with E-state index >= 15 is 0 Å². The van der Waals surface area contributed by atoms with Gasteiger partial charge in [-0.15, -0.1) is 0 Å². The smallest absolute Gasteiger partial charge is 0.328 e. The quantitative estimate of drug-likeness (QED) is 0.738. The highest BCUT2D eigenvalue weighted by Gasteiger charge is 2.25. The summed E-state index contributed by atoms with van der Waals surface area (Å²) < 4.78 is 0. The second-order valence-corrected chi connectivity index (χ2v) is 5.26. The van der Waals surface area contributed by atoms with Crippen molar-refractivity contribution in [1.29, 1.82) is 0 Å². The highest BCUT2D eigenvalue weighted by atomic mass is 16.4. The molecule has 20 heavy (non-hydrogen) atoms. The van der Waals surface area contributed by atoms with Crippen molar-refractivity contribution in [3.05, 3.63) is 34.9 Å². The van der Waals surface area contributed by atoms with Crippen molar-refractivity contribution >= 4 is 11.9 Å². The van der Waals surface area contributed by atoms with Crippen LogP contribution in [-0.4, -0.2) is 34.2 Å². The first-order chi connectivity index (χ1) is 9.47. The Morgan fingerprint density at radius 3 is 2.65 bits per heavy atom. The average Bonchev–Trinajstić information content (AvgIpc) is 2.82. The lowest BCUT2D eigenvalue weighted by molar-refractivity contribution is -0.144. The van der Waals surface area contributed by atoms with Crippen molar-refractivity contribution < 1.29 is 19.8 Å². The number of amides is 1. The van der Waals surface area contributed by atoms with Crippen LogP contribution in [0.2, 0.25) is 0 Å². The predicted molar refractivity (Wildman–Crippen MR) is 73.4 cm³/mol. The zero-order chi connectivity index (χ0) is 14.7. The molecular formula is C15H19NO4. The zero-order valence-corrected chi connectivity index (χ0v) is 11.4. The largest absolute Gasteiger partial charge is 0.480 e. The Kier molecular flexibility index (Phi) is 4.39. The van der Waals surface area contributed by atoms with E-state index in [1.54, 1.807) is 0 Å². The fraction of sp³-hybridized carbons (Fsp3) is 0.467. The number of aliphatic hydroxyl groups is 1. The number of nitrogens with one attached hydrogen (secondary N) is 1. The number of benzene rings is 1. The van der Waals surface area contributed by atoms with Gasteiger partial charge in [-0.3, -0.25) is 4.79 Å². The summed E-state index contributed by atoms with van der Waals surface area (Å²) in [5.41, 5.74) is 3.49. The first-order valence-corrected chi connectivity index (χ1v) is 6.78. The van der Waals surface area contributed by atoms with Crippen LogP contribution in [0.25, 0.3) is 0 Å². The Balaban J connectivity index is 1.99. The molecule has 1 amide bonds. The van der Waals surface area contributed by atoms with Gasteiger partial charge in [-0.25, -0.2) is 4.79 Å². The molecule has 0 aliphatic heterocycles. The topological polar surface area (TPSA) is 86.6 Å². The van der Waals surface area contributed by atoms with E-state index in [9.17, 15) is 14.7 Å². The van der Waals surface area contributed by atoms with Gasteiger partial charge in [-0.2, -0.15) is 0 Å². The van der Waals surface area contributed by atoms with E-state index in [2.05, 4.69) is 5.32 Å². The first kappa shape index (κ1) is 14.5. The van der Waals surface area contributed by atoms with Crippen molar-refractivity contribution in [2.75, 3.05) is 0 Å². The first-order valence-electron chi connectivity index (χ1n) is 6.78. The van der Waals surface area contributed by atoms with E-state index in [1.807, 2.05) is 18.2 Å². The predicted octanol–water partition coefficient (Wildman–Crippen LogP) is 0.668. The van der Waals surface area contributed by atoms with Crippen LogP contribution in [-0.2, 0) is 28.9 Å². The van der Waals surface area contributed by atoms with Gasteiger partial charge in [0, 0.05) is 0 Å². The second-order valence-electron chi connectivity index (χ2n) is 5.26. The zero-order valence-electron chi connectivity index (χ0n) is 11.4. The molecule has 5 heteroatoms. The van der Waals surface area contributed by atoms with Crippen LogP contribution < -0.4 is 5.32 Å². The number of rotatable bonds is 5. The van der Waals surface area contributed by atoms with Crippen LogP contribution in [0.15, 0.2) is 18.2 Å². The molecule has 1 aromatic carbocycles. The Bertz CT molecular complexity index is 525. The third-order valence-electron chi connectivity index (χ3n) is 3.59. The summed E-state index contributed by atoms with van der Waals surface area (Å²) in [6.45, 7) is 1.34. The summed E-state index contributed by atoms with van der Waals surface area (Å²) >= 11 is 0. The molecule has 0 unspecified atom stereocenters. The van der Waals surface area contributed by atoms with Crippen molar-refractivity contribution in [2.45, 2.75) is 44.8 Å². The average molecular weight is 277 g/mol. The molecule has 5 nitrogen and oxygen atoms in total. The fourth-order valence-corrected chi connectivity index (χ4v) is 2.53. The molecule has 108 valence electrons. The maximum absolute atomic E-state index is 11.8. The molecular weight excluding hydrogens is 258 g/mol. The number of aryl methyl sites for hydroxylation is 2. The molecule has 0 aromatic heterocycles. The van der Waals surface area contributed by atoms with Gasteiger partial charge < -0.3 is 15.5 Å². The summed E-state index contributed by atoms with van der Waals surface area (Å²) in [5, 5.41) is 20.6. The summed E-state index contributed by atoms with van der Waals surface area (Å²) in [6, 6.07) is 4.69. The number of fused-ring (bicyclic) bond motifs is 1. The van der Waals surface area contributed by atoms with Gasteiger partial charge in [0.1, 0.15) is 0 Å². The van der Waals surface area contributed by atoms with Crippen molar-refractivity contribution in [1.82, 2.24) is 5.32 Å². The molecule has 2 rings (SSSR count). The maximum atomic E-state index is 11.8. The van der Waals surface area contributed by atoms with E-state index in [-0.39, 0.29) is 6.42 Å². The van der Waals surface area contributed by atoms with Gasteiger partial charge in [0.25, 0.3) is 0 Å². The Labute approximate surface area is 117 Å². The van der Waals surface area contributed by atoms with Crippen molar-refractivity contribution in [2.24, 2.45) is 0 Å².